The number of nitrogens with one attached hydrogen (secondary N) is 1. The maximum Gasteiger partial charge on any atom is 0.319 e. The number of ether oxygens (including phenoxy) is 1. The molecule has 4 aromatic rings. The van der Waals surface area contributed by atoms with Crippen LogP contribution in [0.15, 0.2) is 48.5 Å². The van der Waals surface area contributed by atoms with E-state index in [0.717, 1.165) is 57.3 Å². The van der Waals surface area contributed by atoms with Crippen LogP contribution in [0.5, 0.6) is 11.8 Å². The molecule has 7 heteroatoms. The quantitative estimate of drug-likeness (QED) is 0.354. The van der Waals surface area contributed by atoms with Gasteiger partial charge in [0.25, 0.3) is 0 Å². The van der Waals surface area contributed by atoms with Crippen LogP contribution in [0.4, 0.5) is 5.82 Å². The summed E-state index contributed by atoms with van der Waals surface area (Å²) in [6.07, 6.45) is 7.33. The summed E-state index contributed by atoms with van der Waals surface area (Å²) in [5.74, 6) is 1.26. The topological polar surface area (TPSA) is 73.8 Å². The lowest BCUT2D eigenvalue weighted by atomic mass is 9.93. The number of fused-ring (bicyclic) bond motifs is 5. The van der Waals surface area contributed by atoms with E-state index in [9.17, 15) is 5.11 Å². The number of aryl methyl sites for hydroxylation is 1. The minimum Gasteiger partial charge on any atom is -0.508 e. The molecule has 4 fully saturated rings. The SMILES string of the molecule is Cc1c(-c2cc(O)cc3ccccc23)ccc2c(N3CC4CCC(C3)N4)nc(OCC34CCCN3CCC4)nc12. The van der Waals surface area contributed by atoms with Gasteiger partial charge in [-0.25, -0.2) is 0 Å². The molecule has 2 unspecified atom stereocenters. The number of hydrogen-bond donors (Lipinski definition) is 2. The van der Waals surface area contributed by atoms with E-state index in [1.54, 1.807) is 0 Å². The van der Waals surface area contributed by atoms with Gasteiger partial charge in [0.15, 0.2) is 0 Å². The van der Waals surface area contributed by atoms with Gasteiger partial charge in [0.05, 0.1) is 11.1 Å². The third-order valence-electron chi connectivity index (χ3n) is 10.0. The molecular weight excluding hydrogens is 498 g/mol. The van der Waals surface area contributed by atoms with Crippen LogP contribution in [0.1, 0.15) is 44.1 Å². The Morgan fingerprint density at radius 2 is 1.73 bits per heavy atom. The van der Waals surface area contributed by atoms with Crippen molar-refractivity contribution in [1.29, 1.82) is 0 Å². The van der Waals surface area contributed by atoms with Gasteiger partial charge >= 0.3 is 6.01 Å². The zero-order valence-corrected chi connectivity index (χ0v) is 23.2. The predicted octanol–water partition coefficient (Wildman–Crippen LogP) is 5.41. The van der Waals surface area contributed by atoms with E-state index < -0.39 is 0 Å². The Hall–Kier alpha value is -3.42. The molecule has 3 aromatic carbocycles. The minimum atomic E-state index is 0.143. The Labute approximate surface area is 235 Å². The van der Waals surface area contributed by atoms with E-state index >= 15 is 0 Å². The molecule has 4 aliphatic heterocycles. The molecule has 2 N–H and O–H groups in total. The largest absolute Gasteiger partial charge is 0.508 e. The van der Waals surface area contributed by atoms with Crippen LogP contribution in [0, 0.1) is 6.92 Å². The molecule has 0 amide bonds. The molecule has 0 radical (unpaired) electrons. The van der Waals surface area contributed by atoms with Gasteiger partial charge in [-0.2, -0.15) is 9.97 Å². The van der Waals surface area contributed by atoms with Crippen LogP contribution in [-0.4, -0.2) is 70.4 Å². The molecule has 8 rings (SSSR count). The number of aromatic nitrogens is 2. The molecule has 206 valence electrons. The summed E-state index contributed by atoms with van der Waals surface area (Å²) in [6, 6.07) is 17.8. The maximum absolute atomic E-state index is 10.6. The maximum atomic E-state index is 10.6. The third-order valence-corrected chi connectivity index (χ3v) is 10.0. The number of hydrogen-bond acceptors (Lipinski definition) is 7. The number of phenols is 1. The molecule has 1 aromatic heterocycles. The van der Waals surface area contributed by atoms with E-state index in [0.29, 0.717) is 24.7 Å². The number of phenolic OH excluding ortho intramolecular Hbond substituents is 1. The Bertz CT molecular complexity index is 1600. The number of benzene rings is 3. The van der Waals surface area contributed by atoms with Crippen LogP contribution in [0.3, 0.4) is 0 Å². The van der Waals surface area contributed by atoms with Crippen molar-refractivity contribution in [1.82, 2.24) is 20.2 Å². The molecule has 40 heavy (non-hydrogen) atoms. The molecule has 7 nitrogen and oxygen atoms in total. The highest BCUT2D eigenvalue weighted by atomic mass is 16.5. The second-order valence-electron chi connectivity index (χ2n) is 12.4. The molecule has 0 saturated carbocycles. The summed E-state index contributed by atoms with van der Waals surface area (Å²) in [6.45, 7) is 7.07. The number of anilines is 1. The van der Waals surface area contributed by atoms with Crippen molar-refractivity contribution in [2.45, 2.75) is 63.1 Å². The van der Waals surface area contributed by atoms with Crippen molar-refractivity contribution in [3.8, 4) is 22.9 Å². The smallest absolute Gasteiger partial charge is 0.319 e. The molecule has 0 spiro atoms. The number of nitrogens with zero attached hydrogens (tertiary/aromatic N) is 4. The van der Waals surface area contributed by atoms with E-state index in [4.69, 9.17) is 14.7 Å². The van der Waals surface area contributed by atoms with Gasteiger partial charge in [0.1, 0.15) is 18.2 Å². The molecule has 2 bridgehead atoms. The summed E-state index contributed by atoms with van der Waals surface area (Å²) in [5, 5.41) is 17.5. The fourth-order valence-electron chi connectivity index (χ4n) is 8.04. The fraction of sp³-hybridized carbons (Fsp3) is 0.455. The van der Waals surface area contributed by atoms with Crippen molar-refractivity contribution < 1.29 is 9.84 Å². The monoisotopic (exact) mass is 535 g/mol. The lowest BCUT2D eigenvalue weighted by Gasteiger charge is -2.35. The summed E-state index contributed by atoms with van der Waals surface area (Å²) >= 11 is 0. The van der Waals surface area contributed by atoms with Crippen molar-refractivity contribution >= 4 is 27.5 Å². The van der Waals surface area contributed by atoms with Gasteiger partial charge in [0.2, 0.25) is 0 Å². The second kappa shape index (κ2) is 9.32. The van der Waals surface area contributed by atoms with Crippen molar-refractivity contribution in [2.24, 2.45) is 0 Å². The van der Waals surface area contributed by atoms with Crippen molar-refractivity contribution in [2.75, 3.05) is 37.7 Å². The highest BCUT2D eigenvalue weighted by Crippen LogP contribution is 2.41. The molecule has 2 atom stereocenters. The standard InChI is InChI=1S/C33H37N5O2/c1-21-26(29-17-25(39)16-22-6-2-3-7-27(22)29)10-11-28-30(21)35-32(40-20-33-12-4-14-38(33)15-5-13-33)36-31(28)37-18-23-8-9-24(19-37)34-23/h2-3,6-7,10-11,16-17,23-24,34,39H,4-5,8-9,12-15,18-20H2,1H3. The average Bonchev–Trinajstić information content (AvgIpc) is 3.65. The summed E-state index contributed by atoms with van der Waals surface area (Å²) in [7, 11) is 0. The first kappa shape index (κ1) is 24.4. The first-order valence-corrected chi connectivity index (χ1v) is 15.0. The van der Waals surface area contributed by atoms with E-state index in [1.165, 1.54) is 51.6 Å². The van der Waals surface area contributed by atoms with Crippen molar-refractivity contribution in [3.63, 3.8) is 0 Å². The zero-order chi connectivity index (χ0) is 26.8. The van der Waals surface area contributed by atoms with Gasteiger partial charge in [-0.1, -0.05) is 30.3 Å². The zero-order valence-electron chi connectivity index (χ0n) is 23.2. The van der Waals surface area contributed by atoms with Gasteiger partial charge in [-0.3, -0.25) is 4.90 Å². The lowest BCUT2D eigenvalue weighted by Crippen LogP contribution is -2.51. The van der Waals surface area contributed by atoms with Crippen LogP contribution in [0.25, 0.3) is 32.8 Å². The van der Waals surface area contributed by atoms with Crippen LogP contribution in [0.2, 0.25) is 0 Å². The Balaban J connectivity index is 1.25. The molecule has 4 aliphatic rings. The van der Waals surface area contributed by atoms with E-state index in [2.05, 4.69) is 52.4 Å². The van der Waals surface area contributed by atoms with E-state index in [1.807, 2.05) is 18.2 Å². The average molecular weight is 536 g/mol. The van der Waals surface area contributed by atoms with Crippen LogP contribution >= 0.6 is 0 Å². The number of rotatable bonds is 5. The Morgan fingerprint density at radius 1 is 0.950 bits per heavy atom. The molecule has 0 aliphatic carbocycles. The summed E-state index contributed by atoms with van der Waals surface area (Å²) in [5.41, 5.74) is 4.25. The Morgan fingerprint density at radius 3 is 2.52 bits per heavy atom. The highest BCUT2D eigenvalue weighted by molar-refractivity contribution is 6.02. The normalized spacial score (nSPS) is 23.8. The lowest BCUT2D eigenvalue weighted by molar-refractivity contribution is 0.108. The fourth-order valence-corrected chi connectivity index (χ4v) is 8.04. The number of aromatic hydroxyl groups is 1. The summed E-state index contributed by atoms with van der Waals surface area (Å²) in [4.78, 5) is 15.3. The first-order chi connectivity index (χ1) is 19.6. The Kier molecular flexibility index (Phi) is 5.68. The van der Waals surface area contributed by atoms with Gasteiger partial charge in [-0.15, -0.1) is 0 Å². The van der Waals surface area contributed by atoms with E-state index in [-0.39, 0.29) is 11.3 Å². The molecule has 5 heterocycles. The highest BCUT2D eigenvalue weighted by Gasteiger charge is 2.45. The minimum absolute atomic E-state index is 0.143. The van der Waals surface area contributed by atoms with Gasteiger partial charge in [0, 0.05) is 30.6 Å². The predicted molar refractivity (Wildman–Crippen MR) is 159 cm³/mol. The molecular formula is C33H37N5O2. The van der Waals surface area contributed by atoms with Gasteiger partial charge in [-0.05, 0) is 104 Å². The third kappa shape index (κ3) is 3.93. The summed E-state index contributed by atoms with van der Waals surface area (Å²) < 4.78 is 6.55. The van der Waals surface area contributed by atoms with Crippen molar-refractivity contribution in [3.05, 3.63) is 54.1 Å². The van der Waals surface area contributed by atoms with Crippen LogP contribution in [-0.2, 0) is 0 Å². The van der Waals surface area contributed by atoms with Crippen LogP contribution < -0.4 is 15.0 Å². The first-order valence-electron chi connectivity index (χ1n) is 15.0. The number of piperazine rings is 1. The molecule has 4 saturated heterocycles. The second-order valence-corrected chi connectivity index (χ2v) is 12.4. The van der Waals surface area contributed by atoms with Gasteiger partial charge < -0.3 is 20.1 Å².